The van der Waals surface area contributed by atoms with Crippen molar-refractivity contribution in [1.82, 2.24) is 0 Å². The Bertz CT molecular complexity index is 181. The Morgan fingerprint density at radius 3 is 2.83 bits per heavy atom. The predicted molar refractivity (Wildman–Crippen MR) is 50.9 cm³/mol. The van der Waals surface area contributed by atoms with Crippen molar-refractivity contribution in [1.29, 1.82) is 0 Å². The molecule has 0 aromatic carbocycles. The molecule has 0 heterocycles. The summed E-state index contributed by atoms with van der Waals surface area (Å²) < 4.78 is 0. The molecule has 1 saturated carbocycles. The fourth-order valence-electron chi connectivity index (χ4n) is 2.00. The van der Waals surface area contributed by atoms with Crippen LogP contribution >= 0.6 is 0 Å². The van der Waals surface area contributed by atoms with Crippen LogP contribution in [0.25, 0.3) is 0 Å². The van der Waals surface area contributed by atoms with E-state index in [9.17, 15) is 4.79 Å². The van der Waals surface area contributed by atoms with Gasteiger partial charge in [-0.2, -0.15) is 0 Å². The topological polar surface area (TPSA) is 17.1 Å². The number of allylic oxidation sites excluding steroid dienone is 2. The number of carbonyl (C=O) groups is 1. The van der Waals surface area contributed by atoms with E-state index in [1.54, 1.807) is 0 Å². The smallest absolute Gasteiger partial charge is 0.136 e. The lowest BCUT2D eigenvalue weighted by molar-refractivity contribution is -0.125. The second-order valence-corrected chi connectivity index (χ2v) is 3.70. The molecule has 0 aliphatic heterocycles. The molecular formula is C11H18O. The highest BCUT2D eigenvalue weighted by molar-refractivity contribution is 5.82. The van der Waals surface area contributed by atoms with E-state index in [4.69, 9.17) is 0 Å². The van der Waals surface area contributed by atoms with Crippen molar-refractivity contribution in [3.8, 4) is 0 Å². The lowest BCUT2D eigenvalue weighted by Gasteiger charge is -2.24. The van der Waals surface area contributed by atoms with E-state index < -0.39 is 0 Å². The average Bonchev–Trinajstić information content (AvgIpc) is 2.05. The summed E-state index contributed by atoms with van der Waals surface area (Å²) in [5.74, 6) is 1.24. The van der Waals surface area contributed by atoms with Gasteiger partial charge in [-0.15, -0.1) is 0 Å². The van der Waals surface area contributed by atoms with Crippen LogP contribution in [0.3, 0.4) is 0 Å². The van der Waals surface area contributed by atoms with Crippen molar-refractivity contribution in [3.05, 3.63) is 12.2 Å². The second-order valence-electron chi connectivity index (χ2n) is 3.70. The summed E-state index contributed by atoms with van der Waals surface area (Å²) >= 11 is 0. The van der Waals surface area contributed by atoms with Crippen molar-refractivity contribution in [2.45, 2.75) is 39.5 Å². The minimum atomic E-state index is 0.315. The molecule has 0 spiro atoms. The zero-order chi connectivity index (χ0) is 8.97. The first kappa shape index (κ1) is 9.50. The largest absolute Gasteiger partial charge is 0.299 e. The molecule has 0 amide bonds. The third kappa shape index (κ3) is 2.20. The first-order valence-electron chi connectivity index (χ1n) is 4.91. The molecule has 0 aromatic heterocycles. The van der Waals surface area contributed by atoms with Gasteiger partial charge < -0.3 is 0 Å². The van der Waals surface area contributed by atoms with Crippen molar-refractivity contribution >= 4 is 5.78 Å². The molecule has 1 rings (SSSR count). The van der Waals surface area contributed by atoms with Gasteiger partial charge in [0.15, 0.2) is 0 Å². The maximum atomic E-state index is 11.5. The highest BCUT2D eigenvalue weighted by Gasteiger charge is 2.25. The van der Waals surface area contributed by atoms with E-state index in [0.29, 0.717) is 17.6 Å². The number of carbonyl (C=O) groups excluding carboxylic acids is 1. The van der Waals surface area contributed by atoms with Gasteiger partial charge in [-0.05, 0) is 25.7 Å². The number of hydrogen-bond acceptors (Lipinski definition) is 1. The lowest BCUT2D eigenvalue weighted by atomic mass is 9.80. The zero-order valence-electron chi connectivity index (χ0n) is 8.05. The molecule has 1 fully saturated rings. The van der Waals surface area contributed by atoms with Gasteiger partial charge in [0.25, 0.3) is 0 Å². The molecule has 1 unspecified atom stereocenters. The monoisotopic (exact) mass is 166 g/mol. The van der Waals surface area contributed by atoms with Crippen LogP contribution in [0.4, 0.5) is 0 Å². The Hall–Kier alpha value is -0.590. The number of Topliss-reactive ketones (excluding diaryl/α,β-unsaturated/α-hetero) is 1. The van der Waals surface area contributed by atoms with E-state index in [1.807, 2.05) is 13.0 Å². The first-order chi connectivity index (χ1) is 5.75. The summed E-state index contributed by atoms with van der Waals surface area (Å²) in [5.41, 5.74) is 0. The minimum absolute atomic E-state index is 0.315. The zero-order valence-corrected chi connectivity index (χ0v) is 8.05. The molecule has 1 heteroatoms. The van der Waals surface area contributed by atoms with Gasteiger partial charge in [0, 0.05) is 12.3 Å². The van der Waals surface area contributed by atoms with Crippen LogP contribution in [-0.2, 0) is 4.79 Å². The van der Waals surface area contributed by atoms with Gasteiger partial charge in [-0.25, -0.2) is 0 Å². The van der Waals surface area contributed by atoms with Crippen LogP contribution in [0, 0.1) is 11.8 Å². The summed E-state index contributed by atoms with van der Waals surface area (Å²) in [4.78, 5) is 11.5. The van der Waals surface area contributed by atoms with Crippen LogP contribution in [-0.4, -0.2) is 5.78 Å². The van der Waals surface area contributed by atoms with Crippen molar-refractivity contribution in [2.75, 3.05) is 0 Å². The molecule has 12 heavy (non-hydrogen) atoms. The quantitative estimate of drug-likeness (QED) is 0.576. The van der Waals surface area contributed by atoms with Crippen molar-refractivity contribution < 1.29 is 4.79 Å². The normalized spacial score (nSPS) is 27.8. The number of rotatable bonds is 2. The summed E-state index contributed by atoms with van der Waals surface area (Å²) in [7, 11) is 0. The molecule has 0 saturated heterocycles. The first-order valence-corrected chi connectivity index (χ1v) is 4.91. The number of hydrogen-bond donors (Lipinski definition) is 0. The van der Waals surface area contributed by atoms with Crippen LogP contribution < -0.4 is 0 Å². The van der Waals surface area contributed by atoms with E-state index in [0.717, 1.165) is 19.3 Å². The van der Waals surface area contributed by atoms with Gasteiger partial charge in [-0.1, -0.05) is 25.5 Å². The highest BCUT2D eigenvalue weighted by atomic mass is 16.1. The van der Waals surface area contributed by atoms with E-state index in [-0.39, 0.29) is 0 Å². The predicted octanol–water partition coefficient (Wildman–Crippen LogP) is 2.96. The molecule has 2 atom stereocenters. The Morgan fingerprint density at radius 1 is 1.50 bits per heavy atom. The Morgan fingerprint density at radius 2 is 2.25 bits per heavy atom. The van der Waals surface area contributed by atoms with Gasteiger partial charge >= 0.3 is 0 Å². The minimum Gasteiger partial charge on any atom is -0.299 e. The molecule has 0 N–H and O–H groups in total. The van der Waals surface area contributed by atoms with Gasteiger partial charge in [0.2, 0.25) is 0 Å². The molecule has 1 nitrogen and oxygen atoms in total. The molecular weight excluding hydrogens is 148 g/mol. The molecule has 0 radical (unpaired) electrons. The third-order valence-corrected chi connectivity index (χ3v) is 2.73. The van der Waals surface area contributed by atoms with E-state index in [2.05, 4.69) is 13.0 Å². The summed E-state index contributed by atoms with van der Waals surface area (Å²) in [6.45, 7) is 4.16. The molecule has 68 valence electrons. The Kier molecular flexibility index (Phi) is 3.51. The number of ketones is 1. The highest BCUT2D eigenvalue weighted by Crippen LogP contribution is 2.27. The second kappa shape index (κ2) is 4.44. The SMILES string of the molecule is C/C=C/[C@H](C)C1CCCCC1=O. The molecule has 0 aromatic rings. The van der Waals surface area contributed by atoms with Gasteiger partial charge in [0.05, 0.1) is 0 Å². The van der Waals surface area contributed by atoms with Crippen LogP contribution in [0.15, 0.2) is 12.2 Å². The van der Waals surface area contributed by atoms with Gasteiger partial charge in [0.1, 0.15) is 5.78 Å². The maximum Gasteiger partial charge on any atom is 0.136 e. The van der Waals surface area contributed by atoms with E-state index >= 15 is 0 Å². The summed E-state index contributed by atoms with van der Waals surface area (Å²) in [6.07, 6.45) is 8.45. The van der Waals surface area contributed by atoms with Crippen LogP contribution in [0.2, 0.25) is 0 Å². The summed E-state index contributed by atoms with van der Waals surface area (Å²) in [6, 6.07) is 0. The molecule has 0 bridgehead atoms. The lowest BCUT2D eigenvalue weighted by Crippen LogP contribution is -2.24. The Balaban J connectivity index is 2.53. The molecule has 1 aliphatic rings. The fraction of sp³-hybridized carbons (Fsp3) is 0.727. The van der Waals surface area contributed by atoms with Crippen molar-refractivity contribution in [3.63, 3.8) is 0 Å². The van der Waals surface area contributed by atoms with Crippen LogP contribution in [0.1, 0.15) is 39.5 Å². The summed E-state index contributed by atoms with van der Waals surface area (Å²) in [5, 5.41) is 0. The van der Waals surface area contributed by atoms with E-state index in [1.165, 1.54) is 6.42 Å². The van der Waals surface area contributed by atoms with Crippen molar-refractivity contribution in [2.24, 2.45) is 11.8 Å². The average molecular weight is 166 g/mol. The third-order valence-electron chi connectivity index (χ3n) is 2.73. The van der Waals surface area contributed by atoms with Gasteiger partial charge in [-0.3, -0.25) is 4.79 Å². The maximum absolute atomic E-state index is 11.5. The Labute approximate surface area is 74.9 Å². The fourth-order valence-corrected chi connectivity index (χ4v) is 2.00. The van der Waals surface area contributed by atoms with Crippen LogP contribution in [0.5, 0.6) is 0 Å². The standard InChI is InChI=1S/C11H18O/c1-3-6-9(2)10-7-4-5-8-11(10)12/h3,6,9-10H,4-5,7-8H2,1-2H3/b6-3+/t9-,10?/m0/s1. The molecule has 1 aliphatic carbocycles.